The monoisotopic (exact) mass is 213 g/mol. The van der Waals surface area contributed by atoms with Gasteiger partial charge in [0.25, 0.3) is 0 Å². The summed E-state index contributed by atoms with van der Waals surface area (Å²) < 4.78 is 0. The fourth-order valence-corrected chi connectivity index (χ4v) is 1.36. The Balaban J connectivity index is 0.00000196. The molecule has 0 aliphatic carbocycles. The van der Waals surface area contributed by atoms with E-state index < -0.39 is 0 Å². The van der Waals surface area contributed by atoms with Crippen LogP contribution in [0.3, 0.4) is 0 Å². The molecule has 0 heterocycles. The number of aryl methyl sites for hydroxylation is 1. The second-order valence-corrected chi connectivity index (χ2v) is 3.59. The quantitative estimate of drug-likeness (QED) is 0.819. The Labute approximate surface area is 90.8 Å². The summed E-state index contributed by atoms with van der Waals surface area (Å²) in [6.45, 7) is 0. The van der Waals surface area contributed by atoms with E-state index in [9.17, 15) is 4.79 Å². The normalized spacial score (nSPS) is 9.86. The van der Waals surface area contributed by atoms with Crippen LogP contribution in [-0.2, 0) is 11.2 Å². The lowest BCUT2D eigenvalue weighted by atomic mass is 10.1. The largest absolute Gasteiger partial charge is 0.359 e. The Bertz CT molecular complexity index is 300. The van der Waals surface area contributed by atoms with Gasteiger partial charge in [0.15, 0.2) is 0 Å². The van der Waals surface area contributed by atoms with Crippen molar-refractivity contribution in [1.82, 2.24) is 5.32 Å². The molecule has 3 heteroatoms. The van der Waals surface area contributed by atoms with Crippen molar-refractivity contribution in [2.24, 2.45) is 0 Å². The van der Waals surface area contributed by atoms with Crippen LogP contribution in [0.15, 0.2) is 24.3 Å². The molecule has 0 bridgehead atoms. The van der Waals surface area contributed by atoms with Gasteiger partial charge < -0.3 is 5.32 Å². The van der Waals surface area contributed by atoms with Crippen LogP contribution in [0.1, 0.15) is 19.8 Å². The Morgan fingerprint density at radius 2 is 2.07 bits per heavy atom. The summed E-state index contributed by atoms with van der Waals surface area (Å²) in [4.78, 5) is 10.9. The highest BCUT2D eigenvalue weighted by atomic mass is 35.5. The minimum absolute atomic E-state index is 0. The summed E-state index contributed by atoms with van der Waals surface area (Å²) in [5.41, 5.74) is 1.22. The molecule has 0 atom stereocenters. The molecule has 14 heavy (non-hydrogen) atoms. The third-order valence-corrected chi connectivity index (χ3v) is 2.31. The van der Waals surface area contributed by atoms with E-state index in [1.165, 1.54) is 5.56 Å². The average molecular weight is 214 g/mol. The lowest BCUT2D eigenvalue weighted by Crippen LogP contribution is -2.17. The van der Waals surface area contributed by atoms with Gasteiger partial charge in [-0.15, -0.1) is 0 Å². The van der Waals surface area contributed by atoms with Crippen LogP contribution in [-0.4, -0.2) is 13.0 Å². The number of benzene rings is 1. The maximum atomic E-state index is 10.9. The van der Waals surface area contributed by atoms with Gasteiger partial charge in [-0.25, -0.2) is 0 Å². The summed E-state index contributed by atoms with van der Waals surface area (Å²) in [6, 6.07) is 7.73. The van der Waals surface area contributed by atoms with Gasteiger partial charge >= 0.3 is 0 Å². The first-order valence-electron chi connectivity index (χ1n) is 4.67. The van der Waals surface area contributed by atoms with Crippen molar-refractivity contribution < 1.29 is 6.22 Å². The first kappa shape index (κ1) is 11.1. The average Bonchev–Trinajstić information content (AvgIpc) is 2.21. The molecule has 1 aromatic rings. The Hall–Kier alpha value is -1.02. The van der Waals surface area contributed by atoms with Crippen LogP contribution in [0.2, 0.25) is 5.02 Å². The summed E-state index contributed by atoms with van der Waals surface area (Å²) in [6.07, 6.45) is 2.38. The second kappa shape index (κ2) is 5.66. The minimum Gasteiger partial charge on any atom is -0.359 e. The molecule has 0 aromatic heterocycles. The molecule has 1 N–H and O–H groups in total. The van der Waals surface area contributed by atoms with E-state index in [1.54, 1.807) is 7.05 Å². The van der Waals surface area contributed by atoms with Crippen LogP contribution in [0, 0.1) is 0 Å². The summed E-state index contributed by atoms with van der Waals surface area (Å²) in [5, 5.41) is 3.35. The molecule has 0 fully saturated rings. The molecular weight excluding hydrogens is 198 g/mol. The van der Waals surface area contributed by atoms with E-state index in [0.717, 1.165) is 17.9 Å². The number of hydrogen-bond donors (Lipinski definition) is 1. The van der Waals surface area contributed by atoms with Crippen LogP contribution < -0.4 is 5.32 Å². The number of carbonyl (C=O) groups is 1. The fourth-order valence-electron chi connectivity index (χ4n) is 1.23. The van der Waals surface area contributed by atoms with E-state index in [0.29, 0.717) is 6.42 Å². The zero-order valence-electron chi connectivity index (χ0n) is 8.22. The fraction of sp³-hybridized carbons (Fsp3) is 0.364. The van der Waals surface area contributed by atoms with Crippen molar-refractivity contribution in [3.8, 4) is 0 Å². The van der Waals surface area contributed by atoms with Gasteiger partial charge in [0.2, 0.25) is 5.91 Å². The predicted molar refractivity (Wildman–Crippen MR) is 60.6 cm³/mol. The predicted octanol–water partition coefficient (Wildman–Crippen LogP) is 2.65. The van der Waals surface area contributed by atoms with Gasteiger partial charge in [0.05, 0.1) is 0 Å². The van der Waals surface area contributed by atoms with Crippen LogP contribution in [0.25, 0.3) is 0 Å². The van der Waals surface area contributed by atoms with Gasteiger partial charge in [-0.1, -0.05) is 23.7 Å². The summed E-state index contributed by atoms with van der Waals surface area (Å²) in [5.74, 6) is 0.0963. The van der Waals surface area contributed by atoms with Gasteiger partial charge in [-0.3, -0.25) is 4.79 Å². The van der Waals surface area contributed by atoms with Gasteiger partial charge in [0, 0.05) is 19.9 Å². The number of hydrogen-bond acceptors (Lipinski definition) is 1. The molecule has 78 valence electrons. The van der Waals surface area contributed by atoms with Crippen LogP contribution >= 0.6 is 11.6 Å². The molecule has 1 rings (SSSR count). The van der Waals surface area contributed by atoms with Crippen molar-refractivity contribution in [2.75, 3.05) is 7.05 Å². The number of rotatable bonds is 4. The number of nitrogens with one attached hydrogen (secondary N) is 1. The standard InChI is InChI=1S/C11H14ClNO.H2/c1-13-11(14)4-2-3-9-5-7-10(12)8-6-9;/h5-8H,2-4H2,1H3,(H,13,14);1H. The molecule has 0 saturated carbocycles. The molecular formula is C11H16ClNO. The minimum atomic E-state index is 0. The smallest absolute Gasteiger partial charge is 0.219 e. The lowest BCUT2D eigenvalue weighted by Gasteiger charge is -2.01. The Morgan fingerprint density at radius 3 is 2.64 bits per heavy atom. The van der Waals surface area contributed by atoms with E-state index >= 15 is 0 Å². The van der Waals surface area contributed by atoms with Crippen LogP contribution in [0.5, 0.6) is 0 Å². The molecule has 1 amide bonds. The molecule has 0 aliphatic heterocycles. The first-order chi connectivity index (χ1) is 6.72. The molecule has 0 saturated heterocycles. The van der Waals surface area contributed by atoms with Gasteiger partial charge in [-0.05, 0) is 30.5 Å². The first-order valence-corrected chi connectivity index (χ1v) is 5.05. The van der Waals surface area contributed by atoms with E-state index in [1.807, 2.05) is 24.3 Å². The van der Waals surface area contributed by atoms with Crippen molar-refractivity contribution in [3.05, 3.63) is 34.9 Å². The van der Waals surface area contributed by atoms with E-state index in [-0.39, 0.29) is 7.33 Å². The van der Waals surface area contributed by atoms with Gasteiger partial charge in [0.1, 0.15) is 0 Å². The molecule has 0 unspecified atom stereocenters. The molecule has 2 nitrogen and oxygen atoms in total. The molecule has 0 radical (unpaired) electrons. The third kappa shape index (κ3) is 3.79. The number of carbonyl (C=O) groups excluding carboxylic acids is 1. The highest BCUT2D eigenvalue weighted by Crippen LogP contribution is 2.11. The lowest BCUT2D eigenvalue weighted by molar-refractivity contribution is -0.120. The highest BCUT2D eigenvalue weighted by molar-refractivity contribution is 6.30. The van der Waals surface area contributed by atoms with Crippen molar-refractivity contribution >= 4 is 17.5 Å². The SMILES string of the molecule is CNC(=O)CCCc1ccc(Cl)cc1.[HH]. The summed E-state index contributed by atoms with van der Waals surface area (Å²) in [7, 11) is 1.66. The highest BCUT2D eigenvalue weighted by Gasteiger charge is 1.98. The second-order valence-electron chi connectivity index (χ2n) is 3.15. The van der Waals surface area contributed by atoms with Crippen molar-refractivity contribution in [1.29, 1.82) is 0 Å². The maximum absolute atomic E-state index is 10.9. The van der Waals surface area contributed by atoms with E-state index in [2.05, 4.69) is 5.32 Å². The van der Waals surface area contributed by atoms with Crippen LogP contribution in [0.4, 0.5) is 0 Å². The zero-order valence-corrected chi connectivity index (χ0v) is 8.97. The Kier molecular flexibility index (Phi) is 4.47. The summed E-state index contributed by atoms with van der Waals surface area (Å²) >= 11 is 5.75. The zero-order chi connectivity index (χ0) is 10.4. The topological polar surface area (TPSA) is 29.1 Å². The molecule has 0 aliphatic rings. The van der Waals surface area contributed by atoms with E-state index in [4.69, 9.17) is 11.6 Å². The maximum Gasteiger partial charge on any atom is 0.219 e. The molecule has 1 aromatic carbocycles. The van der Waals surface area contributed by atoms with Crippen molar-refractivity contribution in [2.45, 2.75) is 19.3 Å². The molecule has 0 spiro atoms. The van der Waals surface area contributed by atoms with Crippen molar-refractivity contribution in [3.63, 3.8) is 0 Å². The number of amides is 1. The third-order valence-electron chi connectivity index (χ3n) is 2.06. The number of halogens is 1. The van der Waals surface area contributed by atoms with Gasteiger partial charge in [-0.2, -0.15) is 0 Å². The Morgan fingerprint density at radius 1 is 1.43 bits per heavy atom.